The number of amides is 2. The first kappa shape index (κ1) is 36.0. The number of H-pyrrole nitrogens is 1. The molecule has 0 aliphatic rings. The Labute approximate surface area is 282 Å². The first-order valence-electron chi connectivity index (χ1n) is 15.2. The summed E-state index contributed by atoms with van der Waals surface area (Å²) in [6.07, 6.45) is 3.86. The van der Waals surface area contributed by atoms with E-state index in [1.807, 2.05) is 0 Å². The fourth-order valence-corrected chi connectivity index (χ4v) is 4.87. The molecule has 2 heterocycles. The standard InChI is InChI=1S/C33H40ClF2N9O3/c1-32(2,3)13-14-38-30(37)45(28(46)21-9-7-20(8-10-21)23-16-41-44(17-23)29(35)36)26(18-48-31(47)42-33(4,5)6)22-11-12-25(34)24(15-22)27-39-19-40-43-27/h7-12,15-17,19,26,29H,13-14,18H2,1-6H3,(H2,37,38)(H,42,47)(H,39,40,43)/t26-/m1/s1. The van der Waals surface area contributed by atoms with Gasteiger partial charge in [-0.25, -0.2) is 14.5 Å². The number of carbonyl (C=O) groups excluding carboxylic acids is 2. The molecule has 256 valence electrons. The van der Waals surface area contributed by atoms with Crippen molar-refractivity contribution < 1.29 is 23.1 Å². The number of alkyl halides is 2. The molecule has 0 unspecified atom stereocenters. The van der Waals surface area contributed by atoms with E-state index < -0.39 is 30.1 Å². The van der Waals surface area contributed by atoms with Crippen LogP contribution in [0, 0.1) is 10.8 Å². The fraction of sp³-hybridized carbons (Fsp3) is 0.394. The quantitative estimate of drug-likeness (QED) is 0.103. The van der Waals surface area contributed by atoms with E-state index in [2.05, 4.69) is 51.7 Å². The summed E-state index contributed by atoms with van der Waals surface area (Å²) in [5, 5.41) is 25.6. The zero-order valence-electron chi connectivity index (χ0n) is 27.6. The van der Waals surface area contributed by atoms with Crippen LogP contribution in [0.15, 0.2) is 61.2 Å². The summed E-state index contributed by atoms with van der Waals surface area (Å²) in [5.74, 6) is -0.402. The van der Waals surface area contributed by atoms with Crippen molar-refractivity contribution in [2.75, 3.05) is 13.2 Å². The highest BCUT2D eigenvalue weighted by Crippen LogP contribution is 2.32. The van der Waals surface area contributed by atoms with Gasteiger partial charge in [-0.3, -0.25) is 20.2 Å². The lowest BCUT2D eigenvalue weighted by Gasteiger charge is -2.33. The van der Waals surface area contributed by atoms with Crippen molar-refractivity contribution in [1.82, 2.24) is 40.5 Å². The van der Waals surface area contributed by atoms with Crippen molar-refractivity contribution in [2.45, 2.75) is 66.1 Å². The summed E-state index contributed by atoms with van der Waals surface area (Å²) in [6, 6.07) is 10.3. The van der Waals surface area contributed by atoms with Gasteiger partial charge in [0.1, 0.15) is 12.9 Å². The van der Waals surface area contributed by atoms with Crippen LogP contribution in [-0.4, -0.2) is 66.5 Å². The lowest BCUT2D eigenvalue weighted by atomic mass is 9.92. The van der Waals surface area contributed by atoms with E-state index in [4.69, 9.17) is 21.7 Å². The number of halogens is 3. The molecule has 12 nitrogen and oxygen atoms in total. The van der Waals surface area contributed by atoms with Gasteiger partial charge in [0, 0.05) is 35.0 Å². The number of rotatable bonds is 10. The molecule has 0 spiro atoms. The molecule has 1 atom stereocenters. The predicted octanol–water partition coefficient (Wildman–Crippen LogP) is 7.05. The Balaban J connectivity index is 1.76. The lowest BCUT2D eigenvalue weighted by molar-refractivity contribution is 0.0566. The van der Waals surface area contributed by atoms with E-state index in [1.165, 1.54) is 23.6 Å². The number of guanidine groups is 1. The molecule has 4 rings (SSSR count). The van der Waals surface area contributed by atoms with Crippen LogP contribution in [0.25, 0.3) is 22.5 Å². The molecular formula is C33H40ClF2N9O3. The molecular weight excluding hydrogens is 644 g/mol. The molecule has 0 saturated heterocycles. The van der Waals surface area contributed by atoms with Gasteiger partial charge in [0.25, 0.3) is 5.91 Å². The Bertz CT molecular complexity index is 1710. The maximum atomic E-state index is 14.4. The number of nitrogens with zero attached hydrogens (tertiary/aromatic N) is 5. The van der Waals surface area contributed by atoms with Gasteiger partial charge in [-0.1, -0.05) is 50.6 Å². The molecule has 0 aliphatic carbocycles. The predicted molar refractivity (Wildman–Crippen MR) is 179 cm³/mol. The van der Waals surface area contributed by atoms with E-state index in [0.29, 0.717) is 50.7 Å². The van der Waals surface area contributed by atoms with E-state index in [0.717, 1.165) is 0 Å². The lowest BCUT2D eigenvalue weighted by Crippen LogP contribution is -2.49. The van der Waals surface area contributed by atoms with Crippen molar-refractivity contribution in [3.05, 3.63) is 77.3 Å². The molecule has 4 aromatic rings. The van der Waals surface area contributed by atoms with Crippen molar-refractivity contribution in [3.63, 3.8) is 0 Å². The summed E-state index contributed by atoms with van der Waals surface area (Å²) in [6.45, 7) is 8.91. The molecule has 0 fully saturated rings. The number of nitrogens with one attached hydrogen (secondary N) is 4. The van der Waals surface area contributed by atoms with Crippen LogP contribution >= 0.6 is 11.6 Å². The average Bonchev–Trinajstić information content (AvgIpc) is 3.71. The van der Waals surface area contributed by atoms with Gasteiger partial charge >= 0.3 is 12.6 Å². The Morgan fingerprint density at radius 1 is 1.08 bits per heavy atom. The summed E-state index contributed by atoms with van der Waals surface area (Å²) >= 11 is 6.52. The van der Waals surface area contributed by atoms with Crippen LogP contribution in [0.4, 0.5) is 13.6 Å². The highest BCUT2D eigenvalue weighted by Gasteiger charge is 2.32. The molecule has 4 N–H and O–H groups in total. The Morgan fingerprint density at radius 2 is 1.79 bits per heavy atom. The summed E-state index contributed by atoms with van der Waals surface area (Å²) in [7, 11) is 0. The van der Waals surface area contributed by atoms with Gasteiger partial charge in [-0.05, 0) is 68.0 Å². The van der Waals surface area contributed by atoms with Crippen LogP contribution in [-0.2, 0) is 4.74 Å². The highest BCUT2D eigenvalue weighted by atomic mass is 35.5. The first-order chi connectivity index (χ1) is 22.5. The van der Waals surface area contributed by atoms with Crippen molar-refractivity contribution in [2.24, 2.45) is 5.41 Å². The van der Waals surface area contributed by atoms with Crippen LogP contribution in [0.5, 0.6) is 0 Å². The zero-order chi connectivity index (χ0) is 35.2. The number of hydrogen-bond donors (Lipinski definition) is 4. The molecule has 2 aromatic carbocycles. The Kier molecular flexibility index (Phi) is 11.2. The maximum Gasteiger partial charge on any atom is 0.407 e. The summed E-state index contributed by atoms with van der Waals surface area (Å²) in [5.41, 5.74) is 1.57. The van der Waals surface area contributed by atoms with Crippen molar-refractivity contribution in [3.8, 4) is 22.5 Å². The van der Waals surface area contributed by atoms with E-state index in [9.17, 15) is 18.4 Å². The smallest absolute Gasteiger partial charge is 0.407 e. The molecule has 0 aliphatic heterocycles. The second kappa shape index (κ2) is 14.9. The fourth-order valence-electron chi connectivity index (χ4n) is 4.66. The number of ether oxygens (including phenoxy) is 1. The zero-order valence-corrected chi connectivity index (χ0v) is 28.4. The van der Waals surface area contributed by atoms with Crippen molar-refractivity contribution in [1.29, 1.82) is 5.41 Å². The Morgan fingerprint density at radius 3 is 2.38 bits per heavy atom. The number of benzene rings is 2. The van der Waals surface area contributed by atoms with Gasteiger partial charge in [-0.2, -0.15) is 19.0 Å². The monoisotopic (exact) mass is 683 g/mol. The number of aromatic amines is 1. The van der Waals surface area contributed by atoms with Gasteiger partial charge in [0.05, 0.1) is 17.3 Å². The van der Waals surface area contributed by atoms with Gasteiger partial charge in [0.2, 0.25) is 0 Å². The van der Waals surface area contributed by atoms with Gasteiger partial charge in [-0.15, -0.1) is 0 Å². The second-order valence-corrected chi connectivity index (χ2v) is 13.8. The van der Waals surface area contributed by atoms with E-state index in [1.54, 1.807) is 63.2 Å². The number of aromatic nitrogens is 5. The third-order valence-electron chi connectivity index (χ3n) is 7.10. The van der Waals surface area contributed by atoms with Crippen LogP contribution in [0.3, 0.4) is 0 Å². The maximum absolute atomic E-state index is 14.4. The van der Waals surface area contributed by atoms with Crippen molar-refractivity contribution >= 4 is 29.6 Å². The molecule has 0 bridgehead atoms. The van der Waals surface area contributed by atoms with Crippen LogP contribution < -0.4 is 10.6 Å². The van der Waals surface area contributed by atoms with Gasteiger partial charge < -0.3 is 15.4 Å². The largest absolute Gasteiger partial charge is 0.447 e. The van der Waals surface area contributed by atoms with E-state index in [-0.39, 0.29) is 23.5 Å². The molecule has 0 saturated carbocycles. The normalized spacial score (nSPS) is 12.5. The molecule has 48 heavy (non-hydrogen) atoms. The molecule has 2 amide bonds. The van der Waals surface area contributed by atoms with Crippen LogP contribution in [0.2, 0.25) is 5.02 Å². The number of carbonyl (C=O) groups is 2. The average molecular weight is 684 g/mol. The van der Waals surface area contributed by atoms with Gasteiger partial charge in [0.15, 0.2) is 11.8 Å². The minimum absolute atomic E-state index is 0.0498. The molecule has 15 heteroatoms. The van der Waals surface area contributed by atoms with Crippen LogP contribution in [0.1, 0.15) is 76.5 Å². The summed E-state index contributed by atoms with van der Waals surface area (Å²) < 4.78 is 32.4. The SMILES string of the molecule is CC(C)(C)CCNC(=N)N(C(=O)c1ccc(-c2cnn(C(F)F)c2)cc1)[C@H](COC(=O)NC(C)(C)C)c1ccc(Cl)c(-c2ncn[nH]2)c1. The minimum Gasteiger partial charge on any atom is -0.447 e. The van der Waals surface area contributed by atoms with E-state index >= 15 is 0 Å². The topological polar surface area (TPSA) is 154 Å². The minimum atomic E-state index is -2.79. The second-order valence-electron chi connectivity index (χ2n) is 13.4. The third-order valence-corrected chi connectivity index (χ3v) is 7.43. The summed E-state index contributed by atoms with van der Waals surface area (Å²) in [4.78, 5) is 32.6. The number of hydrogen-bond acceptors (Lipinski definition) is 7. The number of alkyl carbamates (subject to hydrolysis) is 1. The first-order valence-corrected chi connectivity index (χ1v) is 15.6. The Hall–Kier alpha value is -4.85. The molecule has 2 aromatic heterocycles. The molecule has 0 radical (unpaired) electrons. The third kappa shape index (κ3) is 9.59. The highest BCUT2D eigenvalue weighted by molar-refractivity contribution is 6.33.